The summed E-state index contributed by atoms with van der Waals surface area (Å²) >= 11 is 0. The van der Waals surface area contributed by atoms with Gasteiger partial charge in [0, 0.05) is 51.3 Å². The molecule has 0 unspecified atom stereocenters. The first-order chi connectivity index (χ1) is 13.5. The van der Waals surface area contributed by atoms with Crippen LogP contribution in [0.2, 0.25) is 0 Å². The first kappa shape index (κ1) is 19.7. The van der Waals surface area contributed by atoms with Crippen LogP contribution >= 0.6 is 0 Å². The minimum Gasteiger partial charge on any atom is -0.378 e. The molecule has 1 aliphatic heterocycles. The zero-order valence-corrected chi connectivity index (χ0v) is 16.4. The molecule has 2 aromatic rings. The summed E-state index contributed by atoms with van der Waals surface area (Å²) in [5, 5.41) is 5.41. The van der Waals surface area contributed by atoms with Crippen LogP contribution < -0.4 is 20.4 Å². The molecule has 1 aliphatic rings. The van der Waals surface area contributed by atoms with E-state index in [1.54, 1.807) is 18.3 Å². The van der Waals surface area contributed by atoms with Crippen molar-refractivity contribution in [2.75, 3.05) is 48.8 Å². The highest BCUT2D eigenvalue weighted by Crippen LogP contribution is 2.22. The Labute approximate surface area is 165 Å². The minimum atomic E-state index is -0.634. The summed E-state index contributed by atoms with van der Waals surface area (Å²) in [5.41, 5.74) is 2.76. The highest BCUT2D eigenvalue weighted by atomic mass is 16.2. The number of nitrogens with one attached hydrogen (secondary N) is 2. The van der Waals surface area contributed by atoms with Crippen molar-refractivity contribution < 1.29 is 9.59 Å². The molecule has 2 amide bonds. The Bertz CT molecular complexity index is 784. The van der Waals surface area contributed by atoms with Crippen LogP contribution in [0.5, 0.6) is 0 Å². The van der Waals surface area contributed by atoms with Crippen LogP contribution in [0.25, 0.3) is 0 Å². The van der Waals surface area contributed by atoms with Gasteiger partial charge in [-0.3, -0.25) is 14.6 Å². The molecule has 0 saturated carbocycles. The number of amides is 2. The van der Waals surface area contributed by atoms with E-state index >= 15 is 0 Å². The van der Waals surface area contributed by atoms with Gasteiger partial charge >= 0.3 is 11.8 Å². The third-order valence-electron chi connectivity index (χ3n) is 5.02. The lowest BCUT2D eigenvalue weighted by molar-refractivity contribution is -0.136. The quantitative estimate of drug-likeness (QED) is 0.776. The zero-order chi connectivity index (χ0) is 19.9. The first-order valence-electron chi connectivity index (χ1n) is 9.54. The maximum atomic E-state index is 12.1. The molecular weight excluding hydrogens is 354 g/mol. The molecule has 1 aromatic heterocycles. The third-order valence-corrected chi connectivity index (χ3v) is 5.02. The van der Waals surface area contributed by atoms with E-state index in [4.69, 9.17) is 0 Å². The molecule has 3 rings (SSSR count). The van der Waals surface area contributed by atoms with E-state index in [1.165, 1.54) is 0 Å². The second-order valence-corrected chi connectivity index (χ2v) is 7.25. The maximum Gasteiger partial charge on any atom is 0.313 e. The van der Waals surface area contributed by atoms with Crippen LogP contribution in [-0.4, -0.2) is 50.5 Å². The van der Waals surface area contributed by atoms with Crippen LogP contribution in [0.1, 0.15) is 12.8 Å². The fourth-order valence-corrected chi connectivity index (χ4v) is 3.28. The number of benzene rings is 1. The van der Waals surface area contributed by atoms with Gasteiger partial charge in [-0.15, -0.1) is 0 Å². The SMILES string of the molecule is CN(C)c1ccc(NC(=O)C(=O)NCC2CCN(c3cccnc3)CC2)cc1. The summed E-state index contributed by atoms with van der Waals surface area (Å²) in [6, 6.07) is 11.4. The van der Waals surface area contributed by atoms with Gasteiger partial charge in [-0.25, -0.2) is 0 Å². The molecule has 2 heterocycles. The Balaban J connectivity index is 1.41. The van der Waals surface area contributed by atoms with Gasteiger partial charge in [0.15, 0.2) is 0 Å². The second-order valence-electron chi connectivity index (χ2n) is 7.25. The van der Waals surface area contributed by atoms with E-state index in [2.05, 4.69) is 26.6 Å². The monoisotopic (exact) mass is 381 g/mol. The Morgan fingerprint density at radius 3 is 2.43 bits per heavy atom. The van der Waals surface area contributed by atoms with Crippen LogP contribution in [-0.2, 0) is 9.59 Å². The topological polar surface area (TPSA) is 77.6 Å². The van der Waals surface area contributed by atoms with Crippen molar-refractivity contribution >= 4 is 28.9 Å². The van der Waals surface area contributed by atoms with E-state index in [9.17, 15) is 9.59 Å². The lowest BCUT2D eigenvalue weighted by Gasteiger charge is -2.33. The number of hydrogen-bond donors (Lipinski definition) is 2. The summed E-state index contributed by atoms with van der Waals surface area (Å²) in [5.74, 6) is -0.846. The van der Waals surface area contributed by atoms with E-state index in [0.717, 1.165) is 37.3 Å². The Hall–Kier alpha value is -3.09. The average Bonchev–Trinajstić information content (AvgIpc) is 2.73. The fraction of sp³-hybridized carbons (Fsp3) is 0.381. The summed E-state index contributed by atoms with van der Waals surface area (Å²) < 4.78 is 0. The van der Waals surface area contributed by atoms with Gasteiger partial charge in [0.25, 0.3) is 0 Å². The number of hydrogen-bond acceptors (Lipinski definition) is 5. The molecule has 7 nitrogen and oxygen atoms in total. The maximum absolute atomic E-state index is 12.1. The molecule has 148 valence electrons. The predicted octanol–water partition coefficient (Wildman–Crippen LogP) is 2.12. The summed E-state index contributed by atoms with van der Waals surface area (Å²) in [6.45, 7) is 2.38. The van der Waals surface area contributed by atoms with Gasteiger partial charge in [0.05, 0.1) is 11.9 Å². The van der Waals surface area contributed by atoms with Gasteiger partial charge < -0.3 is 20.4 Å². The summed E-state index contributed by atoms with van der Waals surface area (Å²) in [6.07, 6.45) is 5.59. The number of carbonyl (C=O) groups is 2. The lowest BCUT2D eigenvalue weighted by atomic mass is 9.96. The van der Waals surface area contributed by atoms with E-state index < -0.39 is 11.8 Å². The van der Waals surface area contributed by atoms with Gasteiger partial charge in [0.1, 0.15) is 0 Å². The smallest absolute Gasteiger partial charge is 0.313 e. The molecule has 1 aromatic carbocycles. The number of pyridine rings is 1. The molecule has 2 N–H and O–H groups in total. The Kier molecular flexibility index (Phi) is 6.47. The van der Waals surface area contributed by atoms with Crippen molar-refractivity contribution in [3.05, 3.63) is 48.8 Å². The van der Waals surface area contributed by atoms with Crippen molar-refractivity contribution in [1.82, 2.24) is 10.3 Å². The van der Waals surface area contributed by atoms with Gasteiger partial charge in [-0.1, -0.05) is 0 Å². The summed E-state index contributed by atoms with van der Waals surface area (Å²) in [4.78, 5) is 32.6. The highest BCUT2D eigenvalue weighted by molar-refractivity contribution is 6.39. The molecule has 1 saturated heterocycles. The zero-order valence-electron chi connectivity index (χ0n) is 16.4. The van der Waals surface area contributed by atoms with Crippen molar-refractivity contribution in [2.45, 2.75) is 12.8 Å². The van der Waals surface area contributed by atoms with Gasteiger partial charge in [0.2, 0.25) is 0 Å². The van der Waals surface area contributed by atoms with Crippen molar-refractivity contribution in [3.63, 3.8) is 0 Å². The van der Waals surface area contributed by atoms with E-state index in [0.29, 0.717) is 18.2 Å². The normalized spacial score (nSPS) is 14.4. The molecule has 0 atom stereocenters. The standard InChI is InChI=1S/C21H27N5O2/c1-25(2)18-7-5-17(6-8-18)24-21(28)20(27)23-14-16-9-12-26(13-10-16)19-4-3-11-22-15-19/h3-8,11,15-16H,9-10,12-14H2,1-2H3,(H,23,27)(H,24,28). The van der Waals surface area contributed by atoms with Crippen LogP contribution in [0.3, 0.4) is 0 Å². The molecular formula is C21H27N5O2. The average molecular weight is 381 g/mol. The Morgan fingerprint density at radius 1 is 1.11 bits per heavy atom. The number of aromatic nitrogens is 1. The number of piperidine rings is 1. The van der Waals surface area contributed by atoms with Crippen LogP contribution in [0.15, 0.2) is 48.8 Å². The molecule has 0 spiro atoms. The highest BCUT2D eigenvalue weighted by Gasteiger charge is 2.21. The minimum absolute atomic E-state index is 0.379. The van der Waals surface area contributed by atoms with E-state index in [-0.39, 0.29) is 0 Å². The first-order valence-corrected chi connectivity index (χ1v) is 9.54. The number of anilines is 3. The fourth-order valence-electron chi connectivity index (χ4n) is 3.28. The number of carbonyl (C=O) groups excluding carboxylic acids is 2. The van der Waals surface area contributed by atoms with Crippen LogP contribution in [0.4, 0.5) is 17.1 Å². The van der Waals surface area contributed by atoms with Crippen molar-refractivity contribution in [1.29, 1.82) is 0 Å². The second kappa shape index (κ2) is 9.21. The third kappa shape index (κ3) is 5.22. The van der Waals surface area contributed by atoms with Crippen LogP contribution in [0, 0.1) is 5.92 Å². The molecule has 28 heavy (non-hydrogen) atoms. The number of rotatable bonds is 5. The largest absolute Gasteiger partial charge is 0.378 e. The molecule has 0 aliphatic carbocycles. The number of nitrogens with zero attached hydrogens (tertiary/aromatic N) is 3. The lowest BCUT2D eigenvalue weighted by Crippen LogP contribution is -2.41. The molecule has 1 fully saturated rings. The predicted molar refractivity (Wildman–Crippen MR) is 112 cm³/mol. The molecule has 0 bridgehead atoms. The van der Waals surface area contributed by atoms with Crippen molar-refractivity contribution in [2.24, 2.45) is 5.92 Å². The van der Waals surface area contributed by atoms with Crippen molar-refractivity contribution in [3.8, 4) is 0 Å². The van der Waals surface area contributed by atoms with E-state index in [1.807, 2.05) is 43.4 Å². The van der Waals surface area contributed by atoms with Gasteiger partial charge in [-0.2, -0.15) is 0 Å². The molecule has 0 radical (unpaired) electrons. The summed E-state index contributed by atoms with van der Waals surface area (Å²) in [7, 11) is 3.89. The molecule has 7 heteroatoms. The Morgan fingerprint density at radius 2 is 1.82 bits per heavy atom. The van der Waals surface area contributed by atoms with Gasteiger partial charge in [-0.05, 0) is 55.2 Å².